The Kier molecular flexibility index (Phi) is 5.26. The molecule has 0 aromatic heterocycles. The fourth-order valence-electron chi connectivity index (χ4n) is 2.65. The van der Waals surface area contributed by atoms with Gasteiger partial charge in [-0.1, -0.05) is 19.9 Å². The van der Waals surface area contributed by atoms with Gasteiger partial charge in [0.25, 0.3) is 0 Å². The van der Waals surface area contributed by atoms with Crippen molar-refractivity contribution in [3.8, 4) is 11.5 Å². The maximum atomic E-state index is 5.66. The van der Waals surface area contributed by atoms with Crippen LogP contribution in [0.5, 0.6) is 11.5 Å². The summed E-state index contributed by atoms with van der Waals surface area (Å²) in [4.78, 5) is 2.36. The van der Waals surface area contributed by atoms with Crippen LogP contribution in [0.1, 0.15) is 25.5 Å². The summed E-state index contributed by atoms with van der Waals surface area (Å²) in [5, 5.41) is 3.39. The first-order chi connectivity index (χ1) is 9.60. The zero-order chi connectivity index (χ0) is 14.5. The molecule has 4 nitrogen and oxygen atoms in total. The predicted molar refractivity (Wildman–Crippen MR) is 81.6 cm³/mol. The lowest BCUT2D eigenvalue weighted by molar-refractivity contribution is 0.171. The Morgan fingerprint density at radius 2 is 1.85 bits per heavy atom. The van der Waals surface area contributed by atoms with Crippen LogP contribution in [-0.2, 0) is 0 Å². The van der Waals surface area contributed by atoms with Gasteiger partial charge in [-0.3, -0.25) is 0 Å². The third kappa shape index (κ3) is 3.87. The van der Waals surface area contributed by atoms with Crippen molar-refractivity contribution in [3.63, 3.8) is 0 Å². The zero-order valence-corrected chi connectivity index (χ0v) is 13.0. The van der Waals surface area contributed by atoms with E-state index < -0.39 is 0 Å². The average Bonchev–Trinajstić information content (AvgIpc) is 2.43. The van der Waals surface area contributed by atoms with Crippen molar-refractivity contribution in [1.82, 2.24) is 10.2 Å². The van der Waals surface area contributed by atoms with E-state index in [1.807, 2.05) is 13.1 Å². The lowest BCUT2D eigenvalue weighted by Gasteiger charge is -2.26. The second kappa shape index (κ2) is 6.95. The minimum Gasteiger partial charge on any atom is -0.486 e. The molecule has 0 saturated carbocycles. The number of hydrogen-bond acceptors (Lipinski definition) is 4. The molecule has 1 aromatic rings. The molecule has 1 N–H and O–H groups in total. The standard InChI is InChI=1S/C16H26N2O2/c1-12(2)10-18(4)11-14(17-3)13-5-6-15-16(9-13)20-8-7-19-15/h5-6,9,12,14,17H,7-8,10-11H2,1-4H3. The molecule has 1 unspecified atom stereocenters. The van der Waals surface area contributed by atoms with Gasteiger partial charge in [0.1, 0.15) is 13.2 Å². The molecule has 2 rings (SSSR count). The molecule has 112 valence electrons. The van der Waals surface area contributed by atoms with Crippen LogP contribution in [0, 0.1) is 5.92 Å². The summed E-state index contributed by atoms with van der Waals surface area (Å²) < 4.78 is 11.2. The topological polar surface area (TPSA) is 33.7 Å². The summed E-state index contributed by atoms with van der Waals surface area (Å²) in [6, 6.07) is 6.53. The van der Waals surface area contributed by atoms with Crippen LogP contribution < -0.4 is 14.8 Å². The molecule has 0 radical (unpaired) electrons. The van der Waals surface area contributed by atoms with E-state index in [1.165, 1.54) is 5.56 Å². The van der Waals surface area contributed by atoms with Crippen LogP contribution in [0.2, 0.25) is 0 Å². The number of rotatable bonds is 6. The van der Waals surface area contributed by atoms with Gasteiger partial charge in [0, 0.05) is 19.1 Å². The maximum absolute atomic E-state index is 5.66. The molecule has 0 fully saturated rings. The lowest BCUT2D eigenvalue weighted by Crippen LogP contribution is -2.33. The highest BCUT2D eigenvalue weighted by molar-refractivity contribution is 5.44. The normalized spacial score (nSPS) is 15.7. The molecule has 0 amide bonds. The second-order valence-electron chi connectivity index (χ2n) is 5.86. The molecule has 0 bridgehead atoms. The maximum Gasteiger partial charge on any atom is 0.161 e. The third-order valence-electron chi connectivity index (χ3n) is 3.49. The summed E-state index contributed by atoms with van der Waals surface area (Å²) in [7, 11) is 4.17. The van der Waals surface area contributed by atoms with E-state index in [0.29, 0.717) is 25.2 Å². The molecular formula is C16H26N2O2. The number of nitrogens with zero attached hydrogens (tertiary/aromatic N) is 1. The van der Waals surface area contributed by atoms with E-state index in [4.69, 9.17) is 9.47 Å². The van der Waals surface area contributed by atoms with Gasteiger partial charge in [0.15, 0.2) is 11.5 Å². The smallest absolute Gasteiger partial charge is 0.161 e. The highest BCUT2D eigenvalue weighted by Gasteiger charge is 2.17. The largest absolute Gasteiger partial charge is 0.486 e. The van der Waals surface area contributed by atoms with Gasteiger partial charge >= 0.3 is 0 Å². The number of likely N-dealkylation sites (N-methyl/N-ethyl adjacent to an activating group) is 2. The molecule has 1 aliphatic rings. The Morgan fingerprint density at radius 3 is 2.50 bits per heavy atom. The summed E-state index contributed by atoms with van der Waals surface area (Å²) in [5.41, 5.74) is 1.24. The van der Waals surface area contributed by atoms with Crippen molar-refractivity contribution in [1.29, 1.82) is 0 Å². The number of hydrogen-bond donors (Lipinski definition) is 1. The summed E-state index contributed by atoms with van der Waals surface area (Å²) in [5.74, 6) is 2.39. The Labute approximate surface area is 122 Å². The van der Waals surface area contributed by atoms with E-state index in [9.17, 15) is 0 Å². The molecule has 20 heavy (non-hydrogen) atoms. The minimum atomic E-state index is 0.301. The molecule has 1 heterocycles. The van der Waals surface area contributed by atoms with Gasteiger partial charge in [-0.2, -0.15) is 0 Å². The average molecular weight is 278 g/mol. The van der Waals surface area contributed by atoms with Gasteiger partial charge in [-0.25, -0.2) is 0 Å². The number of nitrogens with one attached hydrogen (secondary N) is 1. The Balaban J connectivity index is 2.07. The Bertz CT molecular complexity index is 434. The van der Waals surface area contributed by atoms with E-state index in [0.717, 1.165) is 24.6 Å². The van der Waals surface area contributed by atoms with Crippen LogP contribution in [0.4, 0.5) is 0 Å². The van der Waals surface area contributed by atoms with Crippen molar-refractivity contribution in [2.45, 2.75) is 19.9 Å². The van der Waals surface area contributed by atoms with Crippen molar-refractivity contribution in [2.24, 2.45) is 5.92 Å². The van der Waals surface area contributed by atoms with Crippen LogP contribution >= 0.6 is 0 Å². The van der Waals surface area contributed by atoms with E-state index in [-0.39, 0.29) is 0 Å². The van der Waals surface area contributed by atoms with Gasteiger partial charge in [-0.05, 0) is 37.7 Å². The molecule has 1 aromatic carbocycles. The van der Waals surface area contributed by atoms with Gasteiger partial charge in [0.2, 0.25) is 0 Å². The predicted octanol–water partition coefficient (Wildman–Crippen LogP) is 2.31. The number of fused-ring (bicyclic) bond motifs is 1. The molecule has 1 aliphatic heterocycles. The second-order valence-corrected chi connectivity index (χ2v) is 5.86. The van der Waals surface area contributed by atoms with Crippen LogP contribution in [0.15, 0.2) is 18.2 Å². The molecule has 0 saturated heterocycles. The number of benzene rings is 1. The molecule has 0 aliphatic carbocycles. The molecule has 0 spiro atoms. The Morgan fingerprint density at radius 1 is 1.15 bits per heavy atom. The summed E-state index contributed by atoms with van der Waals surface area (Å²) >= 11 is 0. The summed E-state index contributed by atoms with van der Waals surface area (Å²) in [6.45, 7) is 7.84. The highest BCUT2D eigenvalue weighted by atomic mass is 16.6. The molecular weight excluding hydrogens is 252 g/mol. The third-order valence-corrected chi connectivity index (χ3v) is 3.49. The van der Waals surface area contributed by atoms with Crippen molar-refractivity contribution in [2.75, 3.05) is 40.4 Å². The SMILES string of the molecule is CNC(CN(C)CC(C)C)c1ccc2c(c1)OCCO2. The van der Waals surface area contributed by atoms with E-state index in [2.05, 4.69) is 43.2 Å². The van der Waals surface area contributed by atoms with Gasteiger partial charge < -0.3 is 19.7 Å². The lowest BCUT2D eigenvalue weighted by atomic mass is 10.0. The van der Waals surface area contributed by atoms with Crippen LogP contribution in [-0.4, -0.2) is 45.3 Å². The molecule has 4 heteroatoms. The van der Waals surface area contributed by atoms with Gasteiger partial charge in [0.05, 0.1) is 0 Å². The van der Waals surface area contributed by atoms with E-state index in [1.54, 1.807) is 0 Å². The minimum absolute atomic E-state index is 0.301. The monoisotopic (exact) mass is 278 g/mol. The first-order valence-electron chi connectivity index (χ1n) is 7.35. The van der Waals surface area contributed by atoms with E-state index >= 15 is 0 Å². The Hall–Kier alpha value is -1.26. The van der Waals surface area contributed by atoms with Crippen molar-refractivity contribution in [3.05, 3.63) is 23.8 Å². The first-order valence-corrected chi connectivity index (χ1v) is 7.35. The van der Waals surface area contributed by atoms with Gasteiger partial charge in [-0.15, -0.1) is 0 Å². The summed E-state index contributed by atoms with van der Waals surface area (Å²) in [6.07, 6.45) is 0. The fraction of sp³-hybridized carbons (Fsp3) is 0.625. The first kappa shape index (κ1) is 15.1. The molecule has 1 atom stereocenters. The van der Waals surface area contributed by atoms with Crippen LogP contribution in [0.25, 0.3) is 0 Å². The van der Waals surface area contributed by atoms with Crippen molar-refractivity contribution < 1.29 is 9.47 Å². The highest BCUT2D eigenvalue weighted by Crippen LogP contribution is 2.32. The zero-order valence-electron chi connectivity index (χ0n) is 13.0. The fourth-order valence-corrected chi connectivity index (χ4v) is 2.65. The number of ether oxygens (including phenoxy) is 2. The van der Waals surface area contributed by atoms with Crippen LogP contribution in [0.3, 0.4) is 0 Å². The quantitative estimate of drug-likeness (QED) is 0.866. The van der Waals surface area contributed by atoms with Crippen molar-refractivity contribution >= 4 is 0 Å².